The van der Waals surface area contributed by atoms with Gasteiger partial charge in [0.1, 0.15) is 10.8 Å². The van der Waals surface area contributed by atoms with Crippen molar-refractivity contribution >= 4 is 27.3 Å². The summed E-state index contributed by atoms with van der Waals surface area (Å²) < 4.78 is 0.724. The highest BCUT2D eigenvalue weighted by atomic mass is 79.9. The van der Waals surface area contributed by atoms with E-state index in [2.05, 4.69) is 26.2 Å². The topological polar surface area (TPSA) is 45.1 Å². The zero-order chi connectivity index (χ0) is 12.3. The number of aromatic nitrogens is 1. The molecule has 2 N–H and O–H groups in total. The van der Waals surface area contributed by atoms with Gasteiger partial charge in [0, 0.05) is 29.7 Å². The van der Waals surface area contributed by atoms with Gasteiger partial charge < -0.3 is 10.4 Å². The number of nitrogens with zero attached hydrogens (tertiary/aromatic N) is 1. The standard InChI is InChI=1S/C12H13BrN2OS/c1-8-7-17-11(15-8)6-14-5-9-3-2-4-10(13)12(9)16/h2-4,7,14,16H,5-6H2,1H3. The molecular formula is C12H13BrN2OS. The van der Waals surface area contributed by atoms with E-state index in [9.17, 15) is 5.11 Å². The first-order valence-corrected chi connectivity index (χ1v) is 6.92. The lowest BCUT2D eigenvalue weighted by Crippen LogP contribution is -2.12. The number of hydrogen-bond acceptors (Lipinski definition) is 4. The predicted molar refractivity (Wildman–Crippen MR) is 73.2 cm³/mol. The van der Waals surface area contributed by atoms with Crippen molar-refractivity contribution < 1.29 is 5.11 Å². The second kappa shape index (κ2) is 5.62. The van der Waals surface area contributed by atoms with Crippen LogP contribution in [-0.4, -0.2) is 10.1 Å². The number of rotatable bonds is 4. The van der Waals surface area contributed by atoms with Crippen LogP contribution in [-0.2, 0) is 13.1 Å². The van der Waals surface area contributed by atoms with E-state index >= 15 is 0 Å². The molecule has 0 bridgehead atoms. The summed E-state index contributed by atoms with van der Waals surface area (Å²) in [6.45, 7) is 3.34. The Labute approximate surface area is 113 Å². The van der Waals surface area contributed by atoms with Crippen molar-refractivity contribution in [2.45, 2.75) is 20.0 Å². The molecule has 0 aliphatic rings. The third-order valence-electron chi connectivity index (χ3n) is 2.33. The minimum absolute atomic E-state index is 0.301. The van der Waals surface area contributed by atoms with Crippen LogP contribution in [0.2, 0.25) is 0 Å². The number of hydrogen-bond donors (Lipinski definition) is 2. The summed E-state index contributed by atoms with van der Waals surface area (Å²) in [5.41, 5.74) is 1.93. The summed E-state index contributed by atoms with van der Waals surface area (Å²) in [4.78, 5) is 4.37. The van der Waals surface area contributed by atoms with Gasteiger partial charge in [-0.2, -0.15) is 0 Å². The van der Waals surface area contributed by atoms with Crippen LogP contribution in [0.25, 0.3) is 0 Å². The molecule has 2 rings (SSSR count). The van der Waals surface area contributed by atoms with Crippen molar-refractivity contribution in [1.82, 2.24) is 10.3 Å². The summed E-state index contributed by atoms with van der Waals surface area (Å²) in [5, 5.41) is 16.2. The fourth-order valence-corrected chi connectivity index (χ4v) is 2.64. The van der Waals surface area contributed by atoms with Crippen molar-refractivity contribution in [1.29, 1.82) is 0 Å². The number of nitrogens with one attached hydrogen (secondary N) is 1. The van der Waals surface area contributed by atoms with Crippen LogP contribution < -0.4 is 5.32 Å². The predicted octanol–water partition coefficient (Wildman–Crippen LogP) is 3.21. The van der Waals surface area contributed by atoms with E-state index in [1.54, 1.807) is 11.3 Å². The van der Waals surface area contributed by atoms with E-state index in [0.717, 1.165) is 27.3 Å². The minimum Gasteiger partial charge on any atom is -0.506 e. The monoisotopic (exact) mass is 312 g/mol. The average Bonchev–Trinajstić information content (AvgIpc) is 2.70. The maximum atomic E-state index is 9.80. The van der Waals surface area contributed by atoms with Crippen LogP contribution in [0.3, 0.4) is 0 Å². The second-order valence-corrected chi connectivity index (χ2v) is 5.53. The van der Waals surface area contributed by atoms with Crippen molar-refractivity contribution in [3.8, 4) is 5.75 Å². The Bertz CT molecular complexity index is 513. The maximum Gasteiger partial charge on any atom is 0.134 e. The summed E-state index contributed by atoms with van der Waals surface area (Å²) in [7, 11) is 0. The highest BCUT2D eigenvalue weighted by Crippen LogP contribution is 2.27. The fraction of sp³-hybridized carbons (Fsp3) is 0.250. The zero-order valence-corrected chi connectivity index (χ0v) is 11.8. The Hall–Kier alpha value is -0.910. The van der Waals surface area contributed by atoms with Crippen LogP contribution in [0.5, 0.6) is 5.75 Å². The first kappa shape index (κ1) is 12.5. The highest BCUT2D eigenvalue weighted by Gasteiger charge is 2.04. The molecule has 17 heavy (non-hydrogen) atoms. The van der Waals surface area contributed by atoms with Crippen LogP contribution in [0.15, 0.2) is 28.1 Å². The Balaban J connectivity index is 1.92. The molecule has 0 spiro atoms. The molecule has 0 saturated heterocycles. The number of para-hydroxylation sites is 1. The Morgan fingerprint density at radius 1 is 1.41 bits per heavy atom. The van der Waals surface area contributed by atoms with Gasteiger partial charge >= 0.3 is 0 Å². The maximum absolute atomic E-state index is 9.80. The van der Waals surface area contributed by atoms with Gasteiger partial charge in [0.2, 0.25) is 0 Å². The van der Waals surface area contributed by atoms with E-state index in [-0.39, 0.29) is 0 Å². The summed E-state index contributed by atoms with van der Waals surface area (Å²) in [6, 6.07) is 5.64. The Morgan fingerprint density at radius 2 is 2.24 bits per heavy atom. The van der Waals surface area contributed by atoms with Gasteiger partial charge in [-0.05, 0) is 28.9 Å². The number of aryl methyl sites for hydroxylation is 1. The third kappa shape index (κ3) is 3.28. The molecule has 2 aromatic rings. The van der Waals surface area contributed by atoms with Gasteiger partial charge in [0.25, 0.3) is 0 Å². The van der Waals surface area contributed by atoms with E-state index in [1.807, 2.05) is 30.5 Å². The minimum atomic E-state index is 0.301. The molecule has 0 unspecified atom stereocenters. The summed E-state index contributed by atoms with van der Waals surface area (Å²) in [5.74, 6) is 0.301. The fourth-order valence-electron chi connectivity index (χ4n) is 1.49. The van der Waals surface area contributed by atoms with Gasteiger partial charge in [-0.15, -0.1) is 11.3 Å². The molecule has 1 aromatic heterocycles. The van der Waals surface area contributed by atoms with Gasteiger partial charge in [0.15, 0.2) is 0 Å². The van der Waals surface area contributed by atoms with Crippen LogP contribution in [0.4, 0.5) is 0 Å². The molecule has 5 heteroatoms. The summed E-state index contributed by atoms with van der Waals surface area (Å²) >= 11 is 4.94. The zero-order valence-electron chi connectivity index (χ0n) is 9.40. The Kier molecular flexibility index (Phi) is 4.15. The molecular weight excluding hydrogens is 300 g/mol. The highest BCUT2D eigenvalue weighted by molar-refractivity contribution is 9.10. The lowest BCUT2D eigenvalue weighted by molar-refractivity contribution is 0.461. The number of halogens is 1. The lowest BCUT2D eigenvalue weighted by atomic mass is 10.2. The number of aromatic hydroxyl groups is 1. The molecule has 0 radical (unpaired) electrons. The van der Waals surface area contributed by atoms with Crippen LogP contribution >= 0.6 is 27.3 Å². The molecule has 0 aliphatic carbocycles. The van der Waals surface area contributed by atoms with Gasteiger partial charge in [0.05, 0.1) is 4.47 Å². The molecule has 1 aromatic carbocycles. The lowest BCUT2D eigenvalue weighted by Gasteiger charge is -2.06. The molecule has 1 heterocycles. The SMILES string of the molecule is Cc1csc(CNCc2cccc(Br)c2O)n1. The molecule has 0 saturated carbocycles. The number of thiazole rings is 1. The molecule has 0 amide bonds. The van der Waals surface area contributed by atoms with Crippen molar-refractivity contribution in [3.63, 3.8) is 0 Å². The largest absolute Gasteiger partial charge is 0.506 e. The summed E-state index contributed by atoms with van der Waals surface area (Å²) in [6.07, 6.45) is 0. The third-order valence-corrected chi connectivity index (χ3v) is 3.94. The first-order chi connectivity index (χ1) is 8.16. The number of benzene rings is 1. The normalized spacial score (nSPS) is 10.7. The molecule has 0 fully saturated rings. The van der Waals surface area contributed by atoms with Crippen LogP contribution in [0.1, 0.15) is 16.3 Å². The average molecular weight is 313 g/mol. The van der Waals surface area contributed by atoms with Gasteiger partial charge in [-0.1, -0.05) is 12.1 Å². The number of phenolic OH excluding ortho intramolecular Hbond substituents is 1. The van der Waals surface area contributed by atoms with Crippen molar-refractivity contribution in [3.05, 3.63) is 44.3 Å². The van der Waals surface area contributed by atoms with Crippen LogP contribution in [0, 0.1) is 6.92 Å². The Morgan fingerprint density at radius 3 is 2.94 bits per heavy atom. The van der Waals surface area contributed by atoms with E-state index < -0.39 is 0 Å². The van der Waals surface area contributed by atoms with Crippen molar-refractivity contribution in [2.24, 2.45) is 0 Å². The first-order valence-electron chi connectivity index (χ1n) is 5.25. The van der Waals surface area contributed by atoms with Gasteiger partial charge in [-0.25, -0.2) is 4.98 Å². The van der Waals surface area contributed by atoms with Gasteiger partial charge in [-0.3, -0.25) is 0 Å². The number of phenols is 1. The van der Waals surface area contributed by atoms with E-state index in [1.165, 1.54) is 0 Å². The smallest absolute Gasteiger partial charge is 0.134 e. The van der Waals surface area contributed by atoms with E-state index in [4.69, 9.17) is 0 Å². The second-order valence-electron chi connectivity index (χ2n) is 3.73. The molecule has 0 atom stereocenters. The van der Waals surface area contributed by atoms with E-state index in [0.29, 0.717) is 12.3 Å². The molecule has 3 nitrogen and oxygen atoms in total. The molecule has 90 valence electrons. The quantitative estimate of drug-likeness (QED) is 0.911. The molecule has 0 aliphatic heterocycles. The van der Waals surface area contributed by atoms with Crippen molar-refractivity contribution in [2.75, 3.05) is 0 Å².